The number of aryl methyl sites for hydroxylation is 3. The maximum absolute atomic E-state index is 6.13. The van der Waals surface area contributed by atoms with Crippen molar-refractivity contribution in [3.05, 3.63) is 65.7 Å². The van der Waals surface area contributed by atoms with Gasteiger partial charge in [0.25, 0.3) is 0 Å². The summed E-state index contributed by atoms with van der Waals surface area (Å²) in [6.07, 6.45) is 12.7. The lowest BCUT2D eigenvalue weighted by atomic mass is 9.92. The van der Waals surface area contributed by atoms with Gasteiger partial charge in [0.05, 0.1) is 0 Å². The molecule has 0 aliphatic heterocycles. The van der Waals surface area contributed by atoms with Crippen LogP contribution in [0.5, 0.6) is 11.6 Å². The average Bonchev–Trinajstić information content (AvgIpc) is 2.68. The molecule has 1 aromatic carbocycles. The van der Waals surface area contributed by atoms with E-state index in [2.05, 4.69) is 34.0 Å². The molecule has 1 aliphatic rings. The fourth-order valence-electron chi connectivity index (χ4n) is 3.41. The molecule has 0 spiro atoms. The van der Waals surface area contributed by atoms with Crippen LogP contribution in [0, 0.1) is 0 Å². The molecule has 0 fully saturated rings. The number of nitrogens with zero attached hydrogens (tertiary/aromatic N) is 3. The summed E-state index contributed by atoms with van der Waals surface area (Å²) in [6, 6.07) is 8.39. The highest BCUT2D eigenvalue weighted by Crippen LogP contribution is 2.33. The zero-order valence-corrected chi connectivity index (χ0v) is 14.4. The minimum absolute atomic E-state index is 0.529. The number of rotatable bonds is 4. The van der Waals surface area contributed by atoms with Crippen LogP contribution < -0.4 is 4.74 Å². The topological polar surface area (TPSA) is 47.9 Å². The van der Waals surface area contributed by atoms with Crippen molar-refractivity contribution in [2.45, 2.75) is 39.0 Å². The molecule has 126 valence electrons. The van der Waals surface area contributed by atoms with Gasteiger partial charge in [-0.3, -0.25) is 4.98 Å². The van der Waals surface area contributed by atoms with E-state index in [-0.39, 0.29) is 0 Å². The van der Waals surface area contributed by atoms with Crippen molar-refractivity contribution in [2.75, 3.05) is 0 Å². The van der Waals surface area contributed by atoms with Gasteiger partial charge < -0.3 is 4.74 Å². The first kappa shape index (κ1) is 15.8. The summed E-state index contributed by atoms with van der Waals surface area (Å²) < 4.78 is 6.13. The van der Waals surface area contributed by atoms with E-state index in [1.54, 1.807) is 12.4 Å². The number of ether oxygens (including phenoxy) is 1. The van der Waals surface area contributed by atoms with Gasteiger partial charge in [0.2, 0.25) is 5.88 Å². The van der Waals surface area contributed by atoms with Gasteiger partial charge in [-0.1, -0.05) is 13.0 Å². The zero-order valence-electron chi connectivity index (χ0n) is 14.4. The van der Waals surface area contributed by atoms with Crippen LogP contribution in [-0.4, -0.2) is 15.0 Å². The molecule has 1 aliphatic carbocycles. The summed E-state index contributed by atoms with van der Waals surface area (Å²) in [7, 11) is 0. The number of hydrogen-bond acceptors (Lipinski definition) is 4. The van der Waals surface area contributed by atoms with Gasteiger partial charge in [-0.15, -0.1) is 0 Å². The van der Waals surface area contributed by atoms with Gasteiger partial charge in [0.1, 0.15) is 11.4 Å². The van der Waals surface area contributed by atoms with Crippen LogP contribution in [0.4, 0.5) is 0 Å². The van der Waals surface area contributed by atoms with Gasteiger partial charge in [-0.2, -0.15) is 0 Å². The molecule has 2 aromatic heterocycles. The Bertz CT molecular complexity index is 892. The van der Waals surface area contributed by atoms with Crippen molar-refractivity contribution in [2.24, 2.45) is 0 Å². The van der Waals surface area contributed by atoms with E-state index in [1.807, 2.05) is 24.5 Å². The van der Waals surface area contributed by atoms with Crippen molar-refractivity contribution in [3.8, 4) is 22.9 Å². The Morgan fingerprint density at radius 3 is 2.68 bits per heavy atom. The van der Waals surface area contributed by atoms with E-state index >= 15 is 0 Å². The molecule has 0 unspecified atom stereocenters. The summed E-state index contributed by atoms with van der Waals surface area (Å²) in [5.41, 5.74) is 5.74. The highest BCUT2D eigenvalue weighted by atomic mass is 16.5. The van der Waals surface area contributed by atoms with Crippen LogP contribution in [0.3, 0.4) is 0 Å². The van der Waals surface area contributed by atoms with Gasteiger partial charge in [-0.05, 0) is 67.0 Å². The molecule has 25 heavy (non-hydrogen) atoms. The van der Waals surface area contributed by atoms with Crippen molar-refractivity contribution < 1.29 is 4.74 Å². The molecule has 0 saturated heterocycles. The van der Waals surface area contributed by atoms with Crippen LogP contribution in [0.1, 0.15) is 36.5 Å². The Hall–Kier alpha value is -2.75. The third-order valence-corrected chi connectivity index (χ3v) is 4.75. The van der Waals surface area contributed by atoms with E-state index in [9.17, 15) is 0 Å². The molecular formula is C21H21N3O. The largest absolute Gasteiger partial charge is 0.437 e. The summed E-state index contributed by atoms with van der Waals surface area (Å²) >= 11 is 0. The molecule has 0 N–H and O–H groups in total. The van der Waals surface area contributed by atoms with E-state index in [0.717, 1.165) is 29.8 Å². The minimum atomic E-state index is 0.529. The minimum Gasteiger partial charge on any atom is -0.437 e. The van der Waals surface area contributed by atoms with Crippen LogP contribution in [0.25, 0.3) is 11.3 Å². The Balaban J connectivity index is 1.70. The van der Waals surface area contributed by atoms with Crippen LogP contribution in [-0.2, 0) is 19.3 Å². The molecule has 0 amide bonds. The summed E-state index contributed by atoms with van der Waals surface area (Å²) in [5, 5.41) is 0. The molecule has 4 heteroatoms. The SMILES string of the molecule is CCc1ccncc1-c1nccnc1Oc1ccc2c(c1)CCCC2. The van der Waals surface area contributed by atoms with E-state index < -0.39 is 0 Å². The lowest BCUT2D eigenvalue weighted by Gasteiger charge is -2.17. The summed E-state index contributed by atoms with van der Waals surface area (Å²) in [5.74, 6) is 1.35. The van der Waals surface area contributed by atoms with Crippen molar-refractivity contribution in [1.29, 1.82) is 0 Å². The third kappa shape index (κ3) is 3.25. The Labute approximate surface area is 148 Å². The predicted octanol–water partition coefficient (Wildman–Crippen LogP) is 4.77. The second-order valence-electron chi connectivity index (χ2n) is 6.34. The predicted molar refractivity (Wildman–Crippen MR) is 97.8 cm³/mol. The quantitative estimate of drug-likeness (QED) is 0.691. The van der Waals surface area contributed by atoms with Crippen LogP contribution in [0.15, 0.2) is 49.1 Å². The Kier molecular flexibility index (Phi) is 4.42. The number of benzene rings is 1. The molecular weight excluding hydrogens is 310 g/mol. The smallest absolute Gasteiger partial charge is 0.246 e. The van der Waals surface area contributed by atoms with Gasteiger partial charge in [-0.25, -0.2) is 9.97 Å². The normalized spacial score (nSPS) is 13.3. The van der Waals surface area contributed by atoms with Gasteiger partial charge in [0.15, 0.2) is 0 Å². The molecule has 4 nitrogen and oxygen atoms in total. The first-order valence-corrected chi connectivity index (χ1v) is 8.89. The van der Waals surface area contributed by atoms with Crippen LogP contribution >= 0.6 is 0 Å². The maximum atomic E-state index is 6.13. The Morgan fingerprint density at radius 2 is 1.80 bits per heavy atom. The lowest BCUT2D eigenvalue weighted by molar-refractivity contribution is 0.461. The second-order valence-corrected chi connectivity index (χ2v) is 6.34. The molecule has 0 atom stereocenters. The standard InChI is InChI=1S/C21H21N3O/c1-2-15-9-10-22-14-19(15)20-21(24-12-11-23-20)25-18-8-7-16-5-3-4-6-17(16)13-18/h7-14H,2-6H2,1H3. The van der Waals surface area contributed by atoms with Crippen molar-refractivity contribution in [3.63, 3.8) is 0 Å². The Morgan fingerprint density at radius 1 is 0.960 bits per heavy atom. The summed E-state index contributed by atoms with van der Waals surface area (Å²) in [4.78, 5) is 13.2. The average molecular weight is 331 g/mol. The first-order chi connectivity index (χ1) is 12.3. The highest BCUT2D eigenvalue weighted by molar-refractivity contribution is 5.67. The monoisotopic (exact) mass is 331 g/mol. The molecule has 0 radical (unpaired) electrons. The number of aromatic nitrogens is 3. The summed E-state index contributed by atoms with van der Waals surface area (Å²) in [6.45, 7) is 2.12. The maximum Gasteiger partial charge on any atom is 0.246 e. The molecule has 3 aromatic rings. The lowest BCUT2D eigenvalue weighted by Crippen LogP contribution is -2.03. The molecule has 4 rings (SSSR count). The van der Waals surface area contributed by atoms with Gasteiger partial charge >= 0.3 is 0 Å². The second kappa shape index (κ2) is 7.01. The fourth-order valence-corrected chi connectivity index (χ4v) is 3.41. The van der Waals surface area contributed by atoms with Crippen LogP contribution in [0.2, 0.25) is 0 Å². The van der Waals surface area contributed by atoms with E-state index in [4.69, 9.17) is 4.74 Å². The fraction of sp³-hybridized carbons (Fsp3) is 0.286. The van der Waals surface area contributed by atoms with E-state index in [0.29, 0.717) is 5.88 Å². The molecule has 0 saturated carbocycles. The molecule has 2 heterocycles. The number of fused-ring (bicyclic) bond motifs is 1. The number of hydrogen-bond donors (Lipinski definition) is 0. The molecule has 0 bridgehead atoms. The van der Waals surface area contributed by atoms with E-state index in [1.165, 1.54) is 36.0 Å². The first-order valence-electron chi connectivity index (χ1n) is 8.89. The number of pyridine rings is 1. The highest BCUT2D eigenvalue weighted by Gasteiger charge is 2.15. The van der Waals surface area contributed by atoms with Crippen molar-refractivity contribution in [1.82, 2.24) is 15.0 Å². The van der Waals surface area contributed by atoms with Gasteiger partial charge in [0, 0.05) is 30.4 Å². The zero-order chi connectivity index (χ0) is 17.1. The third-order valence-electron chi connectivity index (χ3n) is 4.75. The van der Waals surface area contributed by atoms with Crippen molar-refractivity contribution >= 4 is 0 Å².